The maximum Gasteiger partial charge on any atom is 0.191 e. The van der Waals surface area contributed by atoms with Crippen molar-refractivity contribution in [3.8, 4) is 0 Å². The predicted octanol–water partition coefficient (Wildman–Crippen LogP) is 3.37. The fourth-order valence-corrected chi connectivity index (χ4v) is 2.70. The Kier molecular flexibility index (Phi) is 8.00. The number of nitrogens with two attached hydrogens (primary N) is 1. The highest BCUT2D eigenvalue weighted by Crippen LogP contribution is 2.18. The van der Waals surface area contributed by atoms with E-state index < -0.39 is 0 Å². The van der Waals surface area contributed by atoms with Crippen molar-refractivity contribution in [2.24, 2.45) is 10.7 Å². The summed E-state index contributed by atoms with van der Waals surface area (Å²) in [7, 11) is 4.12. The van der Waals surface area contributed by atoms with Crippen LogP contribution in [0.1, 0.15) is 36.8 Å². The van der Waals surface area contributed by atoms with Crippen LogP contribution in [0.15, 0.2) is 23.2 Å². The van der Waals surface area contributed by atoms with Crippen LogP contribution in [0.5, 0.6) is 0 Å². The maximum absolute atomic E-state index is 6.16. The number of hydrogen-bond donors (Lipinski definition) is 1. The second kappa shape index (κ2) is 9.22. The molecule has 1 heterocycles. The van der Waals surface area contributed by atoms with E-state index in [1.807, 2.05) is 0 Å². The minimum atomic E-state index is 0. The summed E-state index contributed by atoms with van der Waals surface area (Å²) >= 11 is 0. The number of guanidine groups is 1. The molecule has 4 nitrogen and oxygen atoms in total. The van der Waals surface area contributed by atoms with E-state index in [9.17, 15) is 0 Å². The first-order chi connectivity index (χ1) is 10.1. The molecule has 0 aromatic heterocycles. The van der Waals surface area contributed by atoms with Crippen molar-refractivity contribution in [2.75, 3.05) is 32.1 Å². The second-order valence-electron chi connectivity index (χ2n) is 6.08. The minimum absolute atomic E-state index is 0. The lowest BCUT2D eigenvalue weighted by Crippen LogP contribution is -2.38. The van der Waals surface area contributed by atoms with E-state index in [-0.39, 0.29) is 24.0 Å². The molecule has 0 spiro atoms. The number of benzene rings is 1. The first kappa shape index (κ1) is 19.1. The van der Waals surface area contributed by atoms with Gasteiger partial charge in [-0.3, -0.25) is 0 Å². The lowest BCUT2D eigenvalue weighted by molar-refractivity contribution is 0.428. The number of aliphatic imine (C=N–C) groups is 1. The van der Waals surface area contributed by atoms with Crippen molar-refractivity contribution in [3.63, 3.8) is 0 Å². The maximum atomic E-state index is 6.16. The van der Waals surface area contributed by atoms with Crippen molar-refractivity contribution < 1.29 is 0 Å². The Hall–Kier alpha value is -0.980. The van der Waals surface area contributed by atoms with E-state index >= 15 is 0 Å². The van der Waals surface area contributed by atoms with Gasteiger partial charge in [-0.2, -0.15) is 0 Å². The molecule has 0 saturated carbocycles. The zero-order valence-corrected chi connectivity index (χ0v) is 16.3. The van der Waals surface area contributed by atoms with Gasteiger partial charge in [-0.05, 0) is 43.0 Å². The molecule has 1 aliphatic rings. The largest absolute Gasteiger partial charge is 0.378 e. The molecular weight excluding hydrogens is 387 g/mol. The molecule has 5 heteroatoms. The van der Waals surface area contributed by atoms with E-state index in [0.29, 0.717) is 12.5 Å². The van der Waals surface area contributed by atoms with E-state index in [4.69, 9.17) is 5.73 Å². The van der Waals surface area contributed by atoms with Gasteiger partial charge in [0.1, 0.15) is 0 Å². The summed E-state index contributed by atoms with van der Waals surface area (Å²) in [5.41, 5.74) is 9.90. The number of aryl methyl sites for hydroxylation is 1. The zero-order valence-electron chi connectivity index (χ0n) is 14.0. The third-order valence-electron chi connectivity index (χ3n) is 4.18. The fourth-order valence-electron chi connectivity index (χ4n) is 2.70. The molecule has 0 aliphatic carbocycles. The Morgan fingerprint density at radius 3 is 2.36 bits per heavy atom. The fraction of sp³-hybridized carbons (Fsp3) is 0.588. The van der Waals surface area contributed by atoms with Crippen molar-refractivity contribution >= 4 is 35.6 Å². The molecule has 0 amide bonds. The van der Waals surface area contributed by atoms with Crippen LogP contribution in [0.25, 0.3) is 0 Å². The van der Waals surface area contributed by atoms with Crippen molar-refractivity contribution in [1.82, 2.24) is 4.90 Å². The molecule has 0 unspecified atom stereocenters. The average molecular weight is 416 g/mol. The summed E-state index contributed by atoms with van der Waals surface area (Å²) in [6, 6.07) is 6.50. The molecule has 124 valence electrons. The van der Waals surface area contributed by atoms with Crippen LogP contribution in [0, 0.1) is 6.92 Å². The van der Waals surface area contributed by atoms with Crippen LogP contribution in [-0.2, 0) is 6.54 Å². The molecular formula is C17H29IN4. The normalized spacial score (nSPS) is 16.0. The highest BCUT2D eigenvalue weighted by Gasteiger charge is 2.11. The molecule has 1 aliphatic heterocycles. The SMILES string of the molecule is Cc1cc(N(C)C)ccc1CN=C(N)N1CCCCCC1.I. The van der Waals surface area contributed by atoms with E-state index in [1.165, 1.54) is 42.5 Å². The smallest absolute Gasteiger partial charge is 0.191 e. The molecule has 1 aromatic carbocycles. The first-order valence-corrected chi connectivity index (χ1v) is 7.89. The molecule has 2 N–H and O–H groups in total. The van der Waals surface area contributed by atoms with Gasteiger partial charge < -0.3 is 15.5 Å². The number of rotatable bonds is 3. The van der Waals surface area contributed by atoms with Crippen LogP contribution < -0.4 is 10.6 Å². The predicted molar refractivity (Wildman–Crippen MR) is 106 cm³/mol. The number of likely N-dealkylation sites (tertiary alicyclic amines) is 1. The molecule has 0 radical (unpaired) electrons. The molecule has 1 saturated heterocycles. The molecule has 2 rings (SSSR count). The summed E-state index contributed by atoms with van der Waals surface area (Å²) in [5.74, 6) is 0.702. The van der Waals surface area contributed by atoms with E-state index in [1.54, 1.807) is 0 Å². The quantitative estimate of drug-likeness (QED) is 0.467. The Morgan fingerprint density at radius 2 is 1.82 bits per heavy atom. The average Bonchev–Trinajstić information content (AvgIpc) is 2.74. The van der Waals surface area contributed by atoms with Gasteiger partial charge in [0.15, 0.2) is 5.96 Å². The van der Waals surface area contributed by atoms with Gasteiger partial charge in [0, 0.05) is 32.9 Å². The Balaban J connectivity index is 0.00000242. The highest BCUT2D eigenvalue weighted by molar-refractivity contribution is 14.0. The number of anilines is 1. The zero-order chi connectivity index (χ0) is 15.2. The van der Waals surface area contributed by atoms with Crippen molar-refractivity contribution in [3.05, 3.63) is 29.3 Å². The van der Waals surface area contributed by atoms with Gasteiger partial charge in [-0.15, -0.1) is 24.0 Å². The third-order valence-corrected chi connectivity index (χ3v) is 4.18. The van der Waals surface area contributed by atoms with Crippen LogP contribution in [0.4, 0.5) is 5.69 Å². The summed E-state index contributed by atoms with van der Waals surface area (Å²) in [5, 5.41) is 0. The van der Waals surface area contributed by atoms with Crippen LogP contribution in [0.3, 0.4) is 0 Å². The first-order valence-electron chi connectivity index (χ1n) is 7.89. The van der Waals surface area contributed by atoms with Crippen molar-refractivity contribution in [1.29, 1.82) is 0 Å². The Morgan fingerprint density at radius 1 is 1.18 bits per heavy atom. The summed E-state index contributed by atoms with van der Waals surface area (Å²) in [4.78, 5) is 8.95. The minimum Gasteiger partial charge on any atom is -0.378 e. The van der Waals surface area contributed by atoms with Crippen LogP contribution in [0.2, 0.25) is 0 Å². The number of nitrogens with zero attached hydrogens (tertiary/aromatic N) is 3. The van der Waals surface area contributed by atoms with Gasteiger partial charge in [0.25, 0.3) is 0 Å². The monoisotopic (exact) mass is 416 g/mol. The Bertz CT molecular complexity index is 491. The molecule has 0 bridgehead atoms. The van der Waals surface area contributed by atoms with Gasteiger partial charge in [-0.1, -0.05) is 18.9 Å². The van der Waals surface area contributed by atoms with E-state index in [0.717, 1.165) is 13.1 Å². The lowest BCUT2D eigenvalue weighted by atomic mass is 10.1. The molecule has 0 atom stereocenters. The number of halogens is 1. The summed E-state index contributed by atoms with van der Waals surface area (Å²) < 4.78 is 0. The summed E-state index contributed by atoms with van der Waals surface area (Å²) in [6.45, 7) is 4.91. The molecule has 1 fully saturated rings. The third kappa shape index (κ3) is 5.34. The van der Waals surface area contributed by atoms with Crippen LogP contribution in [-0.4, -0.2) is 38.0 Å². The Labute approximate surface area is 151 Å². The molecule has 22 heavy (non-hydrogen) atoms. The molecule has 1 aromatic rings. The number of hydrogen-bond acceptors (Lipinski definition) is 2. The highest BCUT2D eigenvalue weighted by atomic mass is 127. The second-order valence-corrected chi connectivity index (χ2v) is 6.08. The van der Waals surface area contributed by atoms with Gasteiger partial charge >= 0.3 is 0 Å². The topological polar surface area (TPSA) is 44.9 Å². The van der Waals surface area contributed by atoms with Crippen LogP contribution >= 0.6 is 24.0 Å². The lowest BCUT2D eigenvalue weighted by Gasteiger charge is -2.21. The van der Waals surface area contributed by atoms with Gasteiger partial charge in [0.2, 0.25) is 0 Å². The standard InChI is InChI=1S/C17H28N4.HI/c1-14-12-16(20(2)3)9-8-15(14)13-19-17(18)21-10-6-4-5-7-11-21;/h8-9,12H,4-7,10-11,13H2,1-3H3,(H2,18,19);1H. The van der Waals surface area contributed by atoms with Gasteiger partial charge in [0.05, 0.1) is 6.54 Å². The van der Waals surface area contributed by atoms with Crippen molar-refractivity contribution in [2.45, 2.75) is 39.2 Å². The summed E-state index contributed by atoms with van der Waals surface area (Å²) in [6.07, 6.45) is 5.09. The van der Waals surface area contributed by atoms with E-state index in [2.05, 4.69) is 54.0 Å². The van der Waals surface area contributed by atoms with Gasteiger partial charge in [-0.25, -0.2) is 4.99 Å².